The predicted octanol–water partition coefficient (Wildman–Crippen LogP) is 0.165. The molecule has 0 saturated heterocycles. The molecule has 0 aromatic heterocycles. The maximum Gasteiger partial charge on any atom is 1.00 e. The summed E-state index contributed by atoms with van der Waals surface area (Å²) in [5.74, 6) is -1.74. The second kappa shape index (κ2) is 21.0. The van der Waals surface area contributed by atoms with Gasteiger partial charge in [-0.1, -0.05) is 66.2 Å². The van der Waals surface area contributed by atoms with Crippen molar-refractivity contribution in [1.82, 2.24) is 0 Å². The summed E-state index contributed by atoms with van der Waals surface area (Å²) in [5, 5.41) is -2.06. The van der Waals surface area contributed by atoms with E-state index in [1.807, 2.05) is 13.8 Å². The van der Waals surface area contributed by atoms with E-state index in [0.29, 0.717) is 0 Å². The number of carbonyl (C=O) groups excluding carboxylic acids is 2. The van der Waals surface area contributed by atoms with Crippen molar-refractivity contribution in [3.63, 3.8) is 0 Å². The van der Waals surface area contributed by atoms with Gasteiger partial charge < -0.3 is 14.0 Å². The van der Waals surface area contributed by atoms with E-state index < -0.39 is 33.7 Å². The van der Waals surface area contributed by atoms with Crippen LogP contribution in [0.4, 0.5) is 0 Å². The maximum absolute atomic E-state index is 12.1. The van der Waals surface area contributed by atoms with Crippen LogP contribution < -0.4 is 29.6 Å². The van der Waals surface area contributed by atoms with Gasteiger partial charge in [0.25, 0.3) is 0 Å². The first kappa shape index (κ1) is 36.1. The van der Waals surface area contributed by atoms with E-state index in [-0.39, 0.29) is 106 Å². The zero-order valence-electron chi connectivity index (χ0n) is 18.8. The van der Waals surface area contributed by atoms with Crippen molar-refractivity contribution in [3.8, 4) is 0 Å². The van der Waals surface area contributed by atoms with Crippen LogP contribution in [-0.4, -0.2) is 94.8 Å². The molecule has 168 valence electrons. The molecule has 3 atom stereocenters. The summed E-state index contributed by atoms with van der Waals surface area (Å²) in [6.07, 6.45) is 6.58. The first-order chi connectivity index (χ1) is 13.2. The van der Waals surface area contributed by atoms with Gasteiger partial charge in [0.15, 0.2) is 5.25 Å². The summed E-state index contributed by atoms with van der Waals surface area (Å²) >= 11 is 0. The van der Waals surface area contributed by atoms with E-state index in [2.05, 4.69) is 13.8 Å². The molecule has 0 N–H and O–H groups in total. The monoisotopic (exact) mass is 484 g/mol. The van der Waals surface area contributed by atoms with Crippen LogP contribution in [0.25, 0.3) is 0 Å². The third-order valence-electron chi connectivity index (χ3n) is 4.99. The minimum Gasteiger partial charge on any atom is 1.00 e. The molecule has 0 aliphatic heterocycles. The topological polar surface area (TPSA) is 110 Å². The number of hydrogen-bond donors (Lipinski definition) is 0. The summed E-state index contributed by atoms with van der Waals surface area (Å²) < 4.78 is 44.6. The van der Waals surface area contributed by atoms with E-state index in [0.717, 1.165) is 51.4 Å². The Kier molecular flexibility index (Phi) is 25.3. The molecular formula is C20H38KNaO7S. The molecule has 10 heteroatoms. The molecule has 0 heterocycles. The number of rotatable bonds is 16. The molecule has 0 amide bonds. The van der Waals surface area contributed by atoms with Crippen LogP contribution in [0.5, 0.6) is 0 Å². The van der Waals surface area contributed by atoms with Crippen molar-refractivity contribution in [1.29, 1.82) is 0 Å². The minimum atomic E-state index is -5.01. The van der Waals surface area contributed by atoms with Gasteiger partial charge in [-0.2, -0.15) is 0 Å². The van der Waals surface area contributed by atoms with Gasteiger partial charge in [-0.25, -0.2) is 8.42 Å². The zero-order chi connectivity index (χ0) is 21.6. The largest absolute Gasteiger partial charge is 1.00 e. The molecule has 0 aromatic rings. The van der Waals surface area contributed by atoms with Gasteiger partial charge in [-0.15, -0.1) is 0 Å². The first-order valence-corrected chi connectivity index (χ1v) is 11.9. The summed E-state index contributed by atoms with van der Waals surface area (Å²) in [5.41, 5.74) is 0. The fourth-order valence-electron chi connectivity index (χ4n) is 2.81. The van der Waals surface area contributed by atoms with Gasteiger partial charge in [0.1, 0.15) is 10.1 Å². The second-order valence-corrected chi connectivity index (χ2v) is 8.89. The van der Waals surface area contributed by atoms with Crippen molar-refractivity contribution >= 4 is 73.4 Å². The fourth-order valence-corrected chi connectivity index (χ4v) is 3.46. The Labute approximate surface area is 247 Å². The Hall–Kier alpha value is 1.49. The first-order valence-electron chi connectivity index (χ1n) is 10.5. The zero-order valence-corrected chi connectivity index (χ0v) is 21.6. The number of ether oxygens (including phenoxy) is 2. The van der Waals surface area contributed by atoms with Gasteiger partial charge in [0, 0.05) is 0 Å². The minimum absolute atomic E-state index is 0. The summed E-state index contributed by atoms with van der Waals surface area (Å²) in [6.45, 7) is 8.26. The van der Waals surface area contributed by atoms with Crippen LogP contribution >= 0.6 is 0 Å². The molecule has 0 rings (SSSR count). The molecule has 0 saturated carbocycles. The molecule has 30 heavy (non-hydrogen) atoms. The van der Waals surface area contributed by atoms with E-state index in [1.54, 1.807) is 0 Å². The van der Waals surface area contributed by atoms with Crippen molar-refractivity contribution in [2.75, 3.05) is 13.2 Å². The van der Waals surface area contributed by atoms with Crippen LogP contribution in [0.1, 0.15) is 85.5 Å². The third-order valence-corrected chi connectivity index (χ3v) is 6.05. The molecule has 0 aliphatic carbocycles. The van der Waals surface area contributed by atoms with Gasteiger partial charge in [0.2, 0.25) is 0 Å². The van der Waals surface area contributed by atoms with Crippen LogP contribution in [0.15, 0.2) is 0 Å². The Bertz CT molecular complexity index is 557. The molecule has 0 aromatic carbocycles. The van der Waals surface area contributed by atoms with Crippen molar-refractivity contribution in [2.24, 2.45) is 11.8 Å². The SMILES string of the molecule is CCCCC(CC)COC(=O)CC(C(=O)OCC(CC)CCCC)S(=O)(=O)[O-].[KH].[Na+]. The smallest absolute Gasteiger partial charge is 1.00 e. The molecule has 0 spiro atoms. The quantitative estimate of drug-likeness (QED) is 0.174. The third kappa shape index (κ3) is 17.0. The van der Waals surface area contributed by atoms with E-state index in [9.17, 15) is 22.6 Å². The molecule has 0 fully saturated rings. The average Bonchev–Trinajstić information content (AvgIpc) is 2.65. The summed E-state index contributed by atoms with van der Waals surface area (Å²) in [6, 6.07) is 0. The molecule has 0 bridgehead atoms. The second-order valence-electron chi connectivity index (χ2n) is 7.33. The Morgan fingerprint density at radius 1 is 0.867 bits per heavy atom. The Morgan fingerprint density at radius 3 is 1.67 bits per heavy atom. The van der Waals surface area contributed by atoms with Gasteiger partial charge in [0.05, 0.1) is 19.6 Å². The molecule has 3 unspecified atom stereocenters. The Balaban J connectivity index is -0.00000364. The van der Waals surface area contributed by atoms with Crippen LogP contribution in [0.2, 0.25) is 0 Å². The maximum atomic E-state index is 12.1. The normalized spacial score (nSPS) is 13.9. The van der Waals surface area contributed by atoms with Crippen LogP contribution in [0, 0.1) is 11.8 Å². The van der Waals surface area contributed by atoms with Crippen molar-refractivity contribution in [3.05, 3.63) is 0 Å². The summed E-state index contributed by atoms with van der Waals surface area (Å²) in [4.78, 5) is 24.1. The number of hydrogen-bond acceptors (Lipinski definition) is 7. The number of unbranched alkanes of at least 4 members (excludes halogenated alkanes) is 2. The van der Waals surface area contributed by atoms with E-state index in [1.165, 1.54) is 0 Å². The number of esters is 2. The molecule has 0 radical (unpaired) electrons. The van der Waals surface area contributed by atoms with Gasteiger partial charge in [-0.3, -0.25) is 9.59 Å². The fraction of sp³-hybridized carbons (Fsp3) is 0.900. The molecule has 7 nitrogen and oxygen atoms in total. The van der Waals surface area contributed by atoms with Crippen LogP contribution in [-0.2, 0) is 29.2 Å². The standard InChI is InChI=1S/C20H38O7S.K.Na.H/c1-5-9-11-16(7-3)14-26-19(21)13-18(28(23,24)25)20(22)27-15-17(8-4)12-10-6-2;;;/h16-18H,5-15H2,1-4H3,(H,23,24,25);;;/q;;+1;/p-1. The molecule has 0 aliphatic rings. The van der Waals surface area contributed by atoms with E-state index >= 15 is 0 Å². The van der Waals surface area contributed by atoms with E-state index in [4.69, 9.17) is 9.47 Å². The molecular weight excluding hydrogens is 446 g/mol. The van der Waals surface area contributed by atoms with Crippen LogP contribution in [0.3, 0.4) is 0 Å². The predicted molar refractivity (Wildman–Crippen MR) is 114 cm³/mol. The average molecular weight is 485 g/mol. The van der Waals surface area contributed by atoms with Crippen molar-refractivity contribution < 1.29 is 61.6 Å². The van der Waals surface area contributed by atoms with Crippen molar-refractivity contribution in [2.45, 2.75) is 90.7 Å². The van der Waals surface area contributed by atoms with Gasteiger partial charge >= 0.3 is 92.9 Å². The Morgan fingerprint density at radius 2 is 1.30 bits per heavy atom. The summed E-state index contributed by atoms with van der Waals surface area (Å²) in [7, 11) is -5.01. The van der Waals surface area contributed by atoms with Gasteiger partial charge in [-0.05, 0) is 24.7 Å². The number of carbonyl (C=O) groups is 2.